The van der Waals surface area contributed by atoms with E-state index in [0.29, 0.717) is 6.04 Å². The van der Waals surface area contributed by atoms with E-state index in [1.807, 2.05) is 12.3 Å². The van der Waals surface area contributed by atoms with Crippen molar-refractivity contribution < 1.29 is 4.74 Å². The highest BCUT2D eigenvalue weighted by atomic mass is 16.5. The molecule has 2 aromatic heterocycles. The Labute approximate surface area is 124 Å². The number of fused-ring (bicyclic) bond motifs is 1. The summed E-state index contributed by atoms with van der Waals surface area (Å²) in [5.41, 5.74) is 1.99. The molecule has 0 N–H and O–H groups in total. The smallest absolute Gasteiger partial charge is 0.160 e. The third-order valence-electron chi connectivity index (χ3n) is 4.82. The van der Waals surface area contributed by atoms with Crippen LogP contribution >= 0.6 is 0 Å². The van der Waals surface area contributed by atoms with E-state index >= 15 is 0 Å². The van der Waals surface area contributed by atoms with E-state index in [1.165, 1.54) is 19.4 Å². The molecule has 5 heteroatoms. The van der Waals surface area contributed by atoms with Crippen LogP contribution in [-0.2, 0) is 11.3 Å². The van der Waals surface area contributed by atoms with Gasteiger partial charge in [0.05, 0.1) is 0 Å². The van der Waals surface area contributed by atoms with Crippen LogP contribution in [0.3, 0.4) is 0 Å². The van der Waals surface area contributed by atoms with Crippen LogP contribution < -0.4 is 0 Å². The van der Waals surface area contributed by atoms with Crippen LogP contribution in [-0.4, -0.2) is 45.7 Å². The molecule has 2 fully saturated rings. The van der Waals surface area contributed by atoms with Crippen LogP contribution in [0.25, 0.3) is 11.2 Å². The first-order valence-electron chi connectivity index (χ1n) is 7.96. The number of rotatable bonds is 3. The summed E-state index contributed by atoms with van der Waals surface area (Å²) in [5.74, 6) is 1.07. The van der Waals surface area contributed by atoms with Crippen molar-refractivity contribution in [3.05, 3.63) is 24.2 Å². The maximum atomic E-state index is 5.88. The van der Waals surface area contributed by atoms with Gasteiger partial charge in [-0.15, -0.1) is 0 Å². The third-order valence-corrected chi connectivity index (χ3v) is 4.82. The van der Waals surface area contributed by atoms with Crippen molar-refractivity contribution in [2.45, 2.75) is 44.4 Å². The maximum Gasteiger partial charge on any atom is 0.160 e. The Balaban J connectivity index is 1.74. The average molecular weight is 286 g/mol. The molecule has 2 aliphatic heterocycles. The fourth-order valence-corrected chi connectivity index (χ4v) is 3.60. The molecule has 5 nitrogen and oxygen atoms in total. The second kappa shape index (κ2) is 5.39. The van der Waals surface area contributed by atoms with Crippen LogP contribution in [0, 0.1) is 0 Å². The second-order valence-electron chi connectivity index (χ2n) is 6.21. The number of hydrogen-bond donors (Lipinski definition) is 0. The van der Waals surface area contributed by atoms with Gasteiger partial charge < -0.3 is 14.2 Å². The number of ether oxygens (including phenoxy) is 1. The monoisotopic (exact) mass is 286 g/mol. The molecule has 0 aliphatic carbocycles. The van der Waals surface area contributed by atoms with Crippen LogP contribution in [0.4, 0.5) is 0 Å². The van der Waals surface area contributed by atoms with Gasteiger partial charge in [-0.3, -0.25) is 0 Å². The molecule has 112 valence electrons. The number of imidazole rings is 1. The molecule has 2 aliphatic rings. The Kier molecular flexibility index (Phi) is 3.39. The van der Waals surface area contributed by atoms with Gasteiger partial charge in [0.1, 0.15) is 17.4 Å². The van der Waals surface area contributed by atoms with Crippen molar-refractivity contribution in [1.29, 1.82) is 0 Å². The van der Waals surface area contributed by atoms with Crippen LogP contribution in [0.2, 0.25) is 0 Å². The maximum absolute atomic E-state index is 5.88. The molecule has 21 heavy (non-hydrogen) atoms. The Morgan fingerprint density at radius 1 is 1.33 bits per heavy atom. The van der Waals surface area contributed by atoms with Crippen LogP contribution in [0.5, 0.6) is 0 Å². The van der Waals surface area contributed by atoms with Gasteiger partial charge in [-0.1, -0.05) is 0 Å². The highest BCUT2D eigenvalue weighted by molar-refractivity contribution is 5.71. The number of aromatic nitrogens is 3. The van der Waals surface area contributed by atoms with Crippen molar-refractivity contribution in [3.8, 4) is 0 Å². The molecule has 0 spiro atoms. The lowest BCUT2D eigenvalue weighted by Gasteiger charge is -2.22. The first kappa shape index (κ1) is 13.2. The Morgan fingerprint density at radius 3 is 3.05 bits per heavy atom. The van der Waals surface area contributed by atoms with Gasteiger partial charge in [0.25, 0.3) is 0 Å². The zero-order valence-corrected chi connectivity index (χ0v) is 12.5. The number of likely N-dealkylation sites (tertiary alicyclic amines) is 1. The summed E-state index contributed by atoms with van der Waals surface area (Å²) < 4.78 is 8.18. The van der Waals surface area contributed by atoms with Gasteiger partial charge in [0, 0.05) is 25.4 Å². The Hall–Kier alpha value is -1.46. The highest BCUT2D eigenvalue weighted by Gasteiger charge is 2.28. The third kappa shape index (κ3) is 2.34. The standard InChI is InChI=1S/C16H22N4O/c1-19-9-3-5-12(19)11-20-15-13(6-2-8-17-15)18-16(20)14-7-4-10-21-14/h2,6,8,12,14H,3-5,7,9-11H2,1H3. The van der Waals surface area contributed by atoms with Gasteiger partial charge in [-0.2, -0.15) is 0 Å². The van der Waals surface area contributed by atoms with Crippen molar-refractivity contribution in [2.24, 2.45) is 0 Å². The molecule has 2 atom stereocenters. The Bertz CT molecular complexity index is 632. The summed E-state index contributed by atoms with van der Waals surface area (Å²) in [7, 11) is 2.22. The molecule has 0 aromatic carbocycles. The van der Waals surface area contributed by atoms with Gasteiger partial charge >= 0.3 is 0 Å². The van der Waals surface area contributed by atoms with E-state index in [-0.39, 0.29) is 6.10 Å². The first-order valence-corrected chi connectivity index (χ1v) is 7.96. The van der Waals surface area contributed by atoms with Gasteiger partial charge in [0.15, 0.2) is 5.65 Å². The lowest BCUT2D eigenvalue weighted by atomic mass is 10.2. The molecule has 0 bridgehead atoms. The summed E-state index contributed by atoms with van der Waals surface area (Å²) in [6, 6.07) is 4.60. The minimum absolute atomic E-state index is 0.144. The van der Waals surface area contributed by atoms with Gasteiger partial charge in [-0.25, -0.2) is 9.97 Å². The lowest BCUT2D eigenvalue weighted by Crippen LogP contribution is -2.30. The number of likely N-dealkylation sites (N-methyl/N-ethyl adjacent to an activating group) is 1. The van der Waals surface area contributed by atoms with Crippen molar-refractivity contribution in [3.63, 3.8) is 0 Å². The minimum atomic E-state index is 0.144. The topological polar surface area (TPSA) is 43.2 Å². The molecule has 4 rings (SSSR count). The fourth-order valence-electron chi connectivity index (χ4n) is 3.60. The molecule has 4 heterocycles. The zero-order valence-electron chi connectivity index (χ0n) is 12.5. The van der Waals surface area contributed by atoms with Crippen molar-refractivity contribution >= 4 is 11.2 Å². The van der Waals surface area contributed by atoms with E-state index in [0.717, 1.165) is 43.0 Å². The van der Waals surface area contributed by atoms with E-state index in [2.05, 4.69) is 27.6 Å². The predicted octanol–water partition coefficient (Wildman–Crippen LogP) is 2.38. The highest BCUT2D eigenvalue weighted by Crippen LogP contribution is 2.31. The minimum Gasteiger partial charge on any atom is -0.370 e. The SMILES string of the molecule is CN1CCCC1Cn1c(C2CCCO2)nc2cccnc21. The number of pyridine rings is 1. The van der Waals surface area contributed by atoms with Crippen molar-refractivity contribution in [1.82, 2.24) is 19.4 Å². The van der Waals surface area contributed by atoms with Gasteiger partial charge in [0.2, 0.25) is 0 Å². The Morgan fingerprint density at radius 2 is 2.29 bits per heavy atom. The summed E-state index contributed by atoms with van der Waals surface area (Å²) >= 11 is 0. The molecular formula is C16H22N4O. The molecule has 2 unspecified atom stereocenters. The molecule has 2 saturated heterocycles. The second-order valence-corrected chi connectivity index (χ2v) is 6.21. The fraction of sp³-hybridized carbons (Fsp3) is 0.625. The molecule has 0 saturated carbocycles. The largest absolute Gasteiger partial charge is 0.370 e. The molecular weight excluding hydrogens is 264 g/mol. The average Bonchev–Trinajstić information content (AvgIpc) is 3.21. The van der Waals surface area contributed by atoms with Crippen LogP contribution in [0.15, 0.2) is 18.3 Å². The summed E-state index contributed by atoms with van der Waals surface area (Å²) in [6.45, 7) is 3.02. The lowest BCUT2D eigenvalue weighted by molar-refractivity contribution is 0.101. The van der Waals surface area contributed by atoms with Gasteiger partial charge in [-0.05, 0) is 51.4 Å². The van der Waals surface area contributed by atoms with E-state index < -0.39 is 0 Å². The number of hydrogen-bond acceptors (Lipinski definition) is 4. The van der Waals surface area contributed by atoms with E-state index in [4.69, 9.17) is 9.72 Å². The van der Waals surface area contributed by atoms with Crippen molar-refractivity contribution in [2.75, 3.05) is 20.2 Å². The molecule has 0 amide bonds. The summed E-state index contributed by atoms with van der Waals surface area (Å²) in [4.78, 5) is 11.8. The number of nitrogens with zero attached hydrogens (tertiary/aromatic N) is 4. The molecule has 0 radical (unpaired) electrons. The molecule has 2 aromatic rings. The first-order chi connectivity index (χ1) is 10.3. The zero-order chi connectivity index (χ0) is 14.2. The van der Waals surface area contributed by atoms with E-state index in [1.54, 1.807) is 0 Å². The van der Waals surface area contributed by atoms with E-state index in [9.17, 15) is 0 Å². The predicted molar refractivity (Wildman–Crippen MR) is 81.1 cm³/mol. The van der Waals surface area contributed by atoms with Crippen LogP contribution in [0.1, 0.15) is 37.6 Å². The quantitative estimate of drug-likeness (QED) is 0.869. The summed E-state index contributed by atoms with van der Waals surface area (Å²) in [6.07, 6.45) is 6.75. The normalized spacial score (nSPS) is 26.9. The summed E-state index contributed by atoms with van der Waals surface area (Å²) in [5, 5.41) is 0.